The molecule has 7 heterocycles. The molecule has 3 saturated heterocycles. The fraction of sp³-hybridized carbons (Fsp3) is 0.500. The summed E-state index contributed by atoms with van der Waals surface area (Å²) in [6.45, 7) is -4.86. The van der Waals surface area contributed by atoms with Crippen LogP contribution in [0.2, 0.25) is 0 Å². The van der Waals surface area contributed by atoms with Gasteiger partial charge in [-0.15, -0.1) is 0 Å². The third-order valence-corrected chi connectivity index (χ3v) is 10.1. The highest BCUT2D eigenvalue weighted by Crippen LogP contribution is 2.54. The van der Waals surface area contributed by atoms with Gasteiger partial charge < -0.3 is 44.5 Å². The van der Waals surface area contributed by atoms with E-state index >= 15 is 4.39 Å². The van der Waals surface area contributed by atoms with Crippen LogP contribution >= 0.6 is 26.5 Å². The number of aliphatic hydroxyl groups is 1. The first-order chi connectivity index (χ1) is 20.6. The van der Waals surface area contributed by atoms with E-state index in [0.29, 0.717) is 11.2 Å². The van der Waals surface area contributed by atoms with E-state index in [9.17, 15) is 10.00 Å². The Morgan fingerprint density at radius 3 is 2.19 bits per heavy atom. The number of hydrogen-bond donors (Lipinski definition) is 5. The van der Waals surface area contributed by atoms with Crippen LogP contribution < -0.4 is 11.5 Å². The molecule has 0 spiro atoms. The Morgan fingerprint density at radius 2 is 1.53 bits per heavy atom. The lowest BCUT2D eigenvalue weighted by molar-refractivity contribution is -0.0563. The smallest absolute Gasteiger partial charge is 0.325 e. The van der Waals surface area contributed by atoms with Crippen molar-refractivity contribution in [2.75, 3.05) is 24.7 Å². The molecular weight excluding hydrogens is 653 g/mol. The van der Waals surface area contributed by atoms with E-state index in [4.69, 9.17) is 50.8 Å². The number of nitrogens with two attached hydrogens (primary N) is 2. The van der Waals surface area contributed by atoms with Gasteiger partial charge in [-0.2, -0.15) is 0 Å². The predicted molar refractivity (Wildman–Crippen MR) is 152 cm³/mol. The molecule has 23 heteroatoms. The number of alkyl halides is 1. The number of nitrogens with zero attached hydrogens (tertiary/aromatic N) is 8. The van der Waals surface area contributed by atoms with Crippen molar-refractivity contribution in [1.29, 1.82) is 0 Å². The lowest BCUT2D eigenvalue weighted by Gasteiger charge is -2.26. The van der Waals surface area contributed by atoms with Gasteiger partial charge in [-0.25, -0.2) is 34.3 Å². The van der Waals surface area contributed by atoms with Gasteiger partial charge in [-0.1, -0.05) is 12.2 Å². The van der Waals surface area contributed by atoms with Crippen molar-refractivity contribution in [3.8, 4) is 0 Å². The quantitative estimate of drug-likeness (QED) is 0.144. The zero-order valence-corrected chi connectivity index (χ0v) is 25.0. The summed E-state index contributed by atoms with van der Waals surface area (Å²) in [7, 11) is -2.02. The average Bonchev–Trinajstić information content (AvgIpc) is 3.73. The minimum Gasteiger partial charge on any atom is -0.387 e. The van der Waals surface area contributed by atoms with Crippen LogP contribution in [0.1, 0.15) is 12.5 Å². The maximum Gasteiger partial charge on any atom is 0.325 e. The number of thiol groups is 1. The summed E-state index contributed by atoms with van der Waals surface area (Å²) < 4.78 is 53.9. The molecule has 0 radical (unpaired) electrons. The van der Waals surface area contributed by atoms with Crippen molar-refractivity contribution in [3.63, 3.8) is 0 Å². The van der Waals surface area contributed by atoms with Gasteiger partial charge in [0.2, 0.25) is 7.58 Å². The maximum atomic E-state index is 16.0. The Kier molecular flexibility index (Phi) is 7.72. The fourth-order valence-electron chi connectivity index (χ4n) is 5.11. The first-order valence-corrected chi connectivity index (χ1v) is 17.5. The minimum atomic E-state index is -4.13. The lowest BCUT2D eigenvalue weighted by Crippen LogP contribution is -2.35. The number of hydrogen-bond acceptors (Lipinski definition) is 17. The molecule has 4 aromatic rings. The number of rotatable bonds is 2. The summed E-state index contributed by atoms with van der Waals surface area (Å²) in [5.74, 6) is 0.253. The number of aromatic nitrogens is 8. The van der Waals surface area contributed by atoms with E-state index in [1.165, 1.54) is 34.4 Å². The highest BCUT2D eigenvalue weighted by molar-refractivity contribution is 8.41. The summed E-state index contributed by atoms with van der Waals surface area (Å²) >= 11 is 9.64. The molecule has 43 heavy (non-hydrogen) atoms. The summed E-state index contributed by atoms with van der Waals surface area (Å²) in [6, 6.07) is 0. The topological polar surface area (TPSA) is 235 Å². The van der Waals surface area contributed by atoms with Crippen LogP contribution in [0, 0.1) is 0 Å². The first-order valence-electron chi connectivity index (χ1n) is 12.5. The van der Waals surface area contributed by atoms with Crippen molar-refractivity contribution < 1.29 is 42.0 Å². The highest BCUT2D eigenvalue weighted by Gasteiger charge is 2.52. The van der Waals surface area contributed by atoms with Gasteiger partial charge in [0.15, 0.2) is 41.6 Å². The van der Waals surface area contributed by atoms with Gasteiger partial charge in [0.05, 0.1) is 25.9 Å². The molecule has 6 N–H and O–H groups in total. The SMILES string of the molecule is Nc1ncnc2c1ncn2C1OC2COP(S)OC3C(O)C(COP(O)(=S)OC2C1F)OC3n1cnc2c(N)ncnc21. The fourth-order valence-corrected chi connectivity index (χ4v) is 7.84. The lowest BCUT2D eigenvalue weighted by atomic mass is 10.1. The molecule has 0 aromatic carbocycles. The van der Waals surface area contributed by atoms with E-state index in [0.717, 1.165) is 0 Å². The van der Waals surface area contributed by atoms with E-state index in [-0.39, 0.29) is 29.4 Å². The Hall–Kier alpha value is -2.26. The number of aliphatic hydroxyl groups excluding tert-OH is 1. The standard InChI is InChI=1S/C20H23FN10O8P2S2/c21-9-13-8(37-19(9)30-5-28-10-15(22)24-3-26-17(10)30)1-34-40(42)38-14-12(32)7(2-35-41(33,43)39-13)36-20(14)31-6-29-11-16(23)25-4-27-18(11)31/h3-9,12-14,19-20,32,42H,1-2H2,(H,33,43)(H2,22,24,26)(H2,23,25,27). The molecule has 10 atom stereocenters. The molecule has 230 valence electrons. The monoisotopic (exact) mass is 676 g/mol. The summed E-state index contributed by atoms with van der Waals surface area (Å²) in [5.41, 5.74) is 12.9. The third kappa shape index (κ3) is 5.26. The molecule has 0 saturated carbocycles. The second-order valence-electron chi connectivity index (χ2n) is 9.67. The van der Waals surface area contributed by atoms with Crippen molar-refractivity contribution in [1.82, 2.24) is 39.0 Å². The largest absolute Gasteiger partial charge is 0.387 e. The van der Waals surface area contributed by atoms with Crippen LogP contribution in [0.5, 0.6) is 0 Å². The van der Waals surface area contributed by atoms with Gasteiger partial charge in [0, 0.05) is 0 Å². The zero-order valence-electron chi connectivity index (χ0n) is 21.5. The maximum absolute atomic E-state index is 16.0. The predicted octanol–water partition coefficient (Wildman–Crippen LogP) is 0.515. The van der Waals surface area contributed by atoms with Crippen LogP contribution in [0.15, 0.2) is 25.3 Å². The second kappa shape index (κ2) is 11.3. The Labute approximate surface area is 252 Å². The molecular formula is C20H23FN10O8P2S2. The molecule has 10 unspecified atom stereocenters. The summed E-state index contributed by atoms with van der Waals surface area (Å²) in [4.78, 5) is 35.5. The van der Waals surface area contributed by atoms with Gasteiger partial charge in [-0.3, -0.25) is 13.7 Å². The van der Waals surface area contributed by atoms with Crippen LogP contribution in [-0.2, 0) is 39.4 Å². The van der Waals surface area contributed by atoms with E-state index in [2.05, 4.69) is 42.2 Å². The van der Waals surface area contributed by atoms with Crippen LogP contribution in [0.3, 0.4) is 0 Å². The van der Waals surface area contributed by atoms with Crippen LogP contribution in [0.4, 0.5) is 16.0 Å². The number of imidazole rings is 2. The van der Waals surface area contributed by atoms with Crippen molar-refractivity contribution in [3.05, 3.63) is 25.3 Å². The number of anilines is 2. The molecule has 3 aliphatic heterocycles. The Bertz CT molecular complexity index is 1720. The molecule has 2 bridgehead atoms. The molecule has 0 amide bonds. The van der Waals surface area contributed by atoms with Crippen LogP contribution in [0.25, 0.3) is 22.3 Å². The summed E-state index contributed by atoms with van der Waals surface area (Å²) in [5, 5.41) is 11.1. The molecule has 3 fully saturated rings. The average molecular weight is 677 g/mol. The van der Waals surface area contributed by atoms with Gasteiger partial charge in [-0.05, 0) is 11.8 Å². The second-order valence-corrected chi connectivity index (χ2v) is 14.4. The number of nitrogen functional groups attached to an aromatic ring is 2. The Balaban J connectivity index is 1.17. The van der Waals surface area contributed by atoms with E-state index in [1.807, 2.05) is 0 Å². The van der Waals surface area contributed by atoms with E-state index < -0.39 is 70.1 Å². The number of fused-ring (bicyclic) bond motifs is 5. The molecule has 18 nitrogen and oxygen atoms in total. The molecule has 4 aromatic heterocycles. The van der Waals surface area contributed by atoms with Gasteiger partial charge >= 0.3 is 6.72 Å². The number of ether oxygens (including phenoxy) is 2. The molecule has 7 rings (SSSR count). The minimum absolute atomic E-state index is 0.105. The van der Waals surface area contributed by atoms with Gasteiger partial charge in [0.1, 0.15) is 54.2 Å². The molecule has 3 aliphatic rings. The number of halogens is 1. The van der Waals surface area contributed by atoms with Crippen LogP contribution in [-0.4, -0.2) is 98.9 Å². The van der Waals surface area contributed by atoms with Crippen molar-refractivity contribution in [2.24, 2.45) is 0 Å². The highest BCUT2D eigenvalue weighted by atomic mass is 32.7. The summed E-state index contributed by atoms with van der Waals surface area (Å²) in [6.07, 6.45) is -5.00. The van der Waals surface area contributed by atoms with Gasteiger partial charge in [0.25, 0.3) is 0 Å². The van der Waals surface area contributed by atoms with Crippen molar-refractivity contribution in [2.45, 2.75) is 49.1 Å². The zero-order chi connectivity index (χ0) is 30.0. The Morgan fingerprint density at radius 1 is 0.930 bits per heavy atom. The third-order valence-electron chi connectivity index (χ3n) is 7.12. The molecule has 0 aliphatic carbocycles. The van der Waals surface area contributed by atoms with Crippen molar-refractivity contribution >= 4 is 72.3 Å². The normalized spacial score (nSPS) is 37.2. The first kappa shape index (κ1) is 29.5. The van der Waals surface area contributed by atoms with E-state index in [1.54, 1.807) is 0 Å².